The lowest BCUT2D eigenvalue weighted by Crippen LogP contribution is -2.32. The summed E-state index contributed by atoms with van der Waals surface area (Å²) in [5.74, 6) is -0.191. The van der Waals surface area contributed by atoms with Crippen LogP contribution in [0.2, 0.25) is 0 Å². The third kappa shape index (κ3) is 3.35. The minimum Gasteiger partial charge on any atom is -0.383 e. The molecule has 1 aliphatic rings. The number of carbonyl (C=O) groups is 1. The topological polar surface area (TPSA) is 70.6 Å². The summed E-state index contributed by atoms with van der Waals surface area (Å²) < 4.78 is 27.7. The van der Waals surface area contributed by atoms with E-state index in [0.29, 0.717) is 23.2 Å². The zero-order valence-corrected chi connectivity index (χ0v) is 15.8. The van der Waals surface area contributed by atoms with Crippen LogP contribution in [-0.2, 0) is 10.0 Å². The Hall–Kier alpha value is -2.67. The molecule has 0 unspecified atom stereocenters. The Morgan fingerprint density at radius 2 is 1.85 bits per heavy atom. The van der Waals surface area contributed by atoms with Gasteiger partial charge in [-0.3, -0.25) is 14.1 Å². The van der Waals surface area contributed by atoms with Gasteiger partial charge in [0.2, 0.25) is 0 Å². The number of nitrogens with zero attached hydrogens (tertiary/aromatic N) is 3. The third-order valence-corrected chi connectivity index (χ3v) is 6.04. The van der Waals surface area contributed by atoms with Gasteiger partial charge in [-0.15, -0.1) is 0 Å². The van der Waals surface area contributed by atoms with E-state index in [9.17, 15) is 13.2 Å². The maximum absolute atomic E-state index is 13.2. The molecule has 3 rings (SSSR count). The summed E-state index contributed by atoms with van der Waals surface area (Å²) in [5, 5.41) is 0. The van der Waals surface area contributed by atoms with Crippen molar-refractivity contribution in [3.05, 3.63) is 65.6 Å². The maximum atomic E-state index is 13.2. The molecule has 0 bridgehead atoms. The Kier molecular flexibility index (Phi) is 4.82. The first-order valence-corrected chi connectivity index (χ1v) is 9.70. The molecule has 6 nitrogen and oxygen atoms in total. The molecule has 1 aromatic heterocycles. The summed E-state index contributed by atoms with van der Waals surface area (Å²) in [6.07, 6.45) is 5.01. The van der Waals surface area contributed by atoms with Gasteiger partial charge in [0.25, 0.3) is 10.0 Å². The van der Waals surface area contributed by atoms with E-state index < -0.39 is 10.0 Å². The van der Waals surface area contributed by atoms with Gasteiger partial charge in [-0.25, -0.2) is 8.42 Å². The van der Waals surface area contributed by atoms with Gasteiger partial charge in [-0.2, -0.15) is 0 Å². The number of pyridine rings is 1. The van der Waals surface area contributed by atoms with Crippen LogP contribution in [-0.4, -0.2) is 44.7 Å². The molecule has 26 heavy (non-hydrogen) atoms. The summed E-state index contributed by atoms with van der Waals surface area (Å²) in [5.41, 5.74) is 2.21. The zero-order chi connectivity index (χ0) is 18.9. The van der Waals surface area contributed by atoms with E-state index in [2.05, 4.69) is 4.98 Å². The van der Waals surface area contributed by atoms with Gasteiger partial charge in [0.05, 0.1) is 16.1 Å². The first kappa shape index (κ1) is 18.1. The highest BCUT2D eigenvalue weighted by atomic mass is 32.2. The largest absolute Gasteiger partial charge is 0.383 e. The molecule has 0 saturated carbocycles. The smallest absolute Gasteiger partial charge is 0.264 e. The molecule has 0 atom stereocenters. The van der Waals surface area contributed by atoms with Gasteiger partial charge in [0, 0.05) is 44.8 Å². The Bertz CT molecular complexity index is 964. The molecular weight excluding hydrogens is 350 g/mol. The molecule has 0 spiro atoms. The molecule has 2 aromatic rings. The van der Waals surface area contributed by atoms with Crippen molar-refractivity contribution in [1.29, 1.82) is 0 Å². The van der Waals surface area contributed by atoms with Gasteiger partial charge in [-0.1, -0.05) is 17.7 Å². The van der Waals surface area contributed by atoms with Gasteiger partial charge in [-0.05, 0) is 31.5 Å². The van der Waals surface area contributed by atoms with E-state index in [4.69, 9.17) is 0 Å². The van der Waals surface area contributed by atoms with Crippen LogP contribution in [0.4, 0.5) is 5.69 Å². The van der Waals surface area contributed by atoms with Crippen LogP contribution in [0.25, 0.3) is 0 Å². The lowest BCUT2D eigenvalue weighted by molar-refractivity contribution is 0.103. The molecule has 0 N–H and O–H groups in total. The quantitative estimate of drug-likeness (QED) is 0.776. The number of anilines is 1. The second-order valence-electron chi connectivity index (χ2n) is 6.48. The van der Waals surface area contributed by atoms with Crippen molar-refractivity contribution in [1.82, 2.24) is 9.88 Å². The van der Waals surface area contributed by atoms with Crippen LogP contribution >= 0.6 is 0 Å². The maximum Gasteiger partial charge on any atom is 0.264 e. The van der Waals surface area contributed by atoms with E-state index >= 15 is 0 Å². The first-order chi connectivity index (χ1) is 12.3. The normalized spacial score (nSPS) is 16.3. The minimum absolute atomic E-state index is 0.191. The predicted molar refractivity (Wildman–Crippen MR) is 101 cm³/mol. The molecular formula is C19H21N3O3S. The first-order valence-electron chi connectivity index (χ1n) is 8.26. The second-order valence-corrected chi connectivity index (χ2v) is 8.34. The summed E-state index contributed by atoms with van der Waals surface area (Å²) in [6.45, 7) is 2.10. The number of fused-ring (bicyclic) bond motifs is 1. The number of Topliss-reactive ketones (excluding diaryl/α,β-unsaturated/α-hetero) is 1. The van der Waals surface area contributed by atoms with E-state index in [1.807, 2.05) is 21.0 Å². The fraction of sp³-hybridized carbons (Fsp3) is 0.263. The van der Waals surface area contributed by atoms with Crippen molar-refractivity contribution in [2.24, 2.45) is 0 Å². The van der Waals surface area contributed by atoms with E-state index in [1.165, 1.54) is 16.7 Å². The number of carbonyl (C=O) groups excluding carboxylic acids is 1. The number of aryl methyl sites for hydroxylation is 1. The van der Waals surface area contributed by atoms with Crippen molar-refractivity contribution in [3.8, 4) is 0 Å². The number of benzene rings is 1. The molecule has 0 fully saturated rings. The molecule has 0 saturated heterocycles. The van der Waals surface area contributed by atoms with Crippen molar-refractivity contribution >= 4 is 21.5 Å². The second kappa shape index (κ2) is 6.92. The number of ketones is 1. The third-order valence-electron chi connectivity index (χ3n) is 4.21. The van der Waals surface area contributed by atoms with Crippen molar-refractivity contribution in [2.75, 3.05) is 24.9 Å². The molecule has 2 heterocycles. The van der Waals surface area contributed by atoms with Gasteiger partial charge in [0.1, 0.15) is 0 Å². The standard InChI is InChI=1S/C19H21N3O3S/c1-14-4-6-16(7-5-14)26(24,25)22-11-9-15(13-21(2)3)19(23)17-12-20-10-8-18(17)22/h4-8,10,12-13H,9,11H2,1-3H3/b15-13-. The fourth-order valence-electron chi connectivity index (χ4n) is 2.93. The minimum atomic E-state index is -3.78. The number of sulfonamides is 1. The monoisotopic (exact) mass is 371 g/mol. The highest BCUT2D eigenvalue weighted by molar-refractivity contribution is 7.92. The number of hydrogen-bond acceptors (Lipinski definition) is 5. The zero-order valence-electron chi connectivity index (χ0n) is 15.0. The van der Waals surface area contributed by atoms with Crippen molar-refractivity contribution in [3.63, 3.8) is 0 Å². The molecule has 0 aliphatic carbocycles. The number of rotatable bonds is 3. The average Bonchev–Trinajstić information content (AvgIpc) is 2.73. The Morgan fingerprint density at radius 3 is 2.50 bits per heavy atom. The van der Waals surface area contributed by atoms with Crippen LogP contribution in [0, 0.1) is 6.92 Å². The Labute approximate surface area is 153 Å². The lowest BCUT2D eigenvalue weighted by Gasteiger charge is -2.23. The molecule has 0 radical (unpaired) electrons. The van der Waals surface area contributed by atoms with Gasteiger partial charge in [0.15, 0.2) is 5.78 Å². The summed E-state index contributed by atoms with van der Waals surface area (Å²) in [6, 6.07) is 8.29. The van der Waals surface area contributed by atoms with Crippen LogP contribution in [0.15, 0.2) is 59.4 Å². The number of aromatic nitrogens is 1. The predicted octanol–water partition coefficient (Wildman–Crippen LogP) is 2.62. The van der Waals surface area contributed by atoms with Gasteiger partial charge >= 0.3 is 0 Å². The van der Waals surface area contributed by atoms with Crippen LogP contribution in [0.3, 0.4) is 0 Å². The number of hydrogen-bond donors (Lipinski definition) is 0. The SMILES string of the molecule is Cc1ccc(S(=O)(=O)N2CC/C(=C/N(C)C)C(=O)c3cnccc32)cc1. The molecule has 1 aromatic carbocycles. The van der Waals surface area contributed by atoms with Crippen LogP contribution in [0.5, 0.6) is 0 Å². The fourth-order valence-corrected chi connectivity index (χ4v) is 4.41. The Morgan fingerprint density at radius 1 is 1.15 bits per heavy atom. The van der Waals surface area contributed by atoms with Gasteiger partial charge < -0.3 is 4.90 Å². The van der Waals surface area contributed by atoms with Crippen molar-refractivity contribution < 1.29 is 13.2 Å². The highest BCUT2D eigenvalue weighted by Crippen LogP contribution is 2.32. The summed E-state index contributed by atoms with van der Waals surface area (Å²) in [7, 11) is -0.119. The summed E-state index contributed by atoms with van der Waals surface area (Å²) in [4.78, 5) is 18.9. The van der Waals surface area contributed by atoms with E-state index in [1.54, 1.807) is 41.4 Å². The molecule has 0 amide bonds. The van der Waals surface area contributed by atoms with E-state index in [-0.39, 0.29) is 17.2 Å². The average molecular weight is 371 g/mol. The van der Waals surface area contributed by atoms with Crippen molar-refractivity contribution in [2.45, 2.75) is 18.2 Å². The lowest BCUT2D eigenvalue weighted by atomic mass is 10.0. The van der Waals surface area contributed by atoms with E-state index in [0.717, 1.165) is 5.56 Å². The summed E-state index contributed by atoms with van der Waals surface area (Å²) >= 11 is 0. The van der Waals surface area contributed by atoms with Crippen LogP contribution < -0.4 is 4.31 Å². The highest BCUT2D eigenvalue weighted by Gasteiger charge is 2.32. The Balaban J connectivity index is 2.13. The molecule has 1 aliphatic heterocycles. The molecule has 136 valence electrons. The molecule has 7 heteroatoms. The van der Waals surface area contributed by atoms with Crippen LogP contribution in [0.1, 0.15) is 22.3 Å².